The van der Waals surface area contributed by atoms with E-state index in [-0.39, 0.29) is 23.4 Å². The molecule has 1 fully saturated rings. The molecule has 2 aliphatic rings. The molecule has 0 radical (unpaired) electrons. The molecular weight excluding hydrogens is 310 g/mol. The molecule has 9 heteroatoms. The standard InChI is InChI=1S/C13H15N3O5S/c1-7(17)15-6-12-11-5-8-4-9(22(14,19)20)2-3-10(8)16(11)13(18)21-12/h2-4,11-12H,5-6H2,1H3,(H,15,17)(H2,14,19,20)/t11-,12-/m0/s1. The first-order chi connectivity index (χ1) is 10.3. The number of nitrogens with one attached hydrogen (secondary N) is 1. The van der Waals surface area contributed by atoms with Crippen molar-refractivity contribution in [2.75, 3.05) is 11.4 Å². The number of nitrogens with two attached hydrogens (primary N) is 1. The van der Waals surface area contributed by atoms with Crippen molar-refractivity contribution >= 4 is 27.7 Å². The van der Waals surface area contributed by atoms with Crippen LogP contribution >= 0.6 is 0 Å². The summed E-state index contributed by atoms with van der Waals surface area (Å²) in [6.45, 7) is 1.61. The van der Waals surface area contributed by atoms with E-state index in [1.807, 2.05) is 0 Å². The molecule has 2 heterocycles. The van der Waals surface area contributed by atoms with E-state index in [4.69, 9.17) is 9.88 Å². The predicted molar refractivity (Wildman–Crippen MR) is 76.7 cm³/mol. The predicted octanol–water partition coefficient (Wildman–Crippen LogP) is -0.280. The monoisotopic (exact) mass is 325 g/mol. The summed E-state index contributed by atoms with van der Waals surface area (Å²) in [5.74, 6) is -0.207. The minimum absolute atomic E-state index is 0.0131. The third kappa shape index (κ3) is 2.42. The second-order valence-electron chi connectivity index (χ2n) is 5.34. The lowest BCUT2D eigenvalue weighted by molar-refractivity contribution is -0.119. The Morgan fingerprint density at radius 3 is 2.86 bits per heavy atom. The molecule has 8 nitrogen and oxygen atoms in total. The van der Waals surface area contributed by atoms with E-state index >= 15 is 0 Å². The van der Waals surface area contributed by atoms with E-state index in [1.54, 1.807) is 6.07 Å². The number of benzene rings is 1. The first kappa shape index (κ1) is 14.8. The van der Waals surface area contributed by atoms with Gasteiger partial charge in [0.2, 0.25) is 15.9 Å². The molecule has 2 amide bonds. The minimum Gasteiger partial charge on any atom is -0.442 e. The summed E-state index contributed by atoms with van der Waals surface area (Å²) in [7, 11) is -3.79. The number of rotatable bonds is 3. The highest BCUT2D eigenvalue weighted by molar-refractivity contribution is 7.89. The van der Waals surface area contributed by atoms with Gasteiger partial charge in [-0.25, -0.2) is 18.4 Å². The molecule has 0 aromatic heterocycles. The topological polar surface area (TPSA) is 119 Å². The maximum Gasteiger partial charge on any atom is 0.415 e. The highest BCUT2D eigenvalue weighted by atomic mass is 32.2. The number of amides is 2. The van der Waals surface area contributed by atoms with Crippen LogP contribution in [0.25, 0.3) is 0 Å². The molecule has 0 spiro atoms. The van der Waals surface area contributed by atoms with Crippen LogP contribution < -0.4 is 15.4 Å². The van der Waals surface area contributed by atoms with Crippen molar-refractivity contribution in [2.24, 2.45) is 5.14 Å². The number of carbonyl (C=O) groups excluding carboxylic acids is 2. The summed E-state index contributed by atoms with van der Waals surface area (Å²) in [5.41, 5.74) is 1.34. The molecule has 1 saturated heterocycles. The first-order valence-corrected chi connectivity index (χ1v) is 8.22. The third-order valence-electron chi connectivity index (χ3n) is 3.83. The van der Waals surface area contributed by atoms with Gasteiger partial charge in [0.1, 0.15) is 6.10 Å². The number of primary sulfonamides is 1. The van der Waals surface area contributed by atoms with Gasteiger partial charge in [-0.15, -0.1) is 0 Å². The van der Waals surface area contributed by atoms with Crippen LogP contribution in [0.5, 0.6) is 0 Å². The van der Waals surface area contributed by atoms with Gasteiger partial charge in [0.15, 0.2) is 0 Å². The number of hydrogen-bond donors (Lipinski definition) is 2. The maximum absolute atomic E-state index is 12.0. The summed E-state index contributed by atoms with van der Waals surface area (Å²) >= 11 is 0. The molecule has 118 valence electrons. The Morgan fingerprint density at radius 1 is 1.50 bits per heavy atom. The number of sulfonamides is 1. The number of nitrogens with zero attached hydrogens (tertiary/aromatic N) is 1. The van der Waals surface area contributed by atoms with Gasteiger partial charge in [-0.2, -0.15) is 0 Å². The largest absolute Gasteiger partial charge is 0.442 e. The van der Waals surface area contributed by atoms with Gasteiger partial charge in [-0.3, -0.25) is 9.69 Å². The zero-order valence-corrected chi connectivity index (χ0v) is 12.6. The average Bonchev–Trinajstić information content (AvgIpc) is 2.93. The molecule has 0 unspecified atom stereocenters. The van der Waals surface area contributed by atoms with Crippen molar-refractivity contribution in [2.45, 2.75) is 30.4 Å². The Bertz CT molecular complexity index is 761. The smallest absolute Gasteiger partial charge is 0.415 e. The van der Waals surface area contributed by atoms with Gasteiger partial charge in [0.05, 0.1) is 23.2 Å². The Labute approximate surface area is 127 Å². The second-order valence-corrected chi connectivity index (χ2v) is 6.90. The van der Waals surface area contributed by atoms with Crippen LogP contribution in [-0.2, 0) is 26.0 Å². The Hall–Kier alpha value is -2.13. The molecular formula is C13H15N3O5S. The van der Waals surface area contributed by atoms with Crippen molar-refractivity contribution in [1.29, 1.82) is 0 Å². The summed E-state index contributed by atoms with van der Waals surface area (Å²) in [4.78, 5) is 24.5. The number of fused-ring (bicyclic) bond motifs is 3. The lowest BCUT2D eigenvalue weighted by atomic mass is 10.1. The molecule has 0 saturated carbocycles. The summed E-state index contributed by atoms with van der Waals surface area (Å²) in [6, 6.07) is 4.14. The number of hydrogen-bond acceptors (Lipinski definition) is 5. The van der Waals surface area contributed by atoms with Crippen molar-refractivity contribution in [1.82, 2.24) is 5.32 Å². The Balaban J connectivity index is 1.89. The molecule has 1 aromatic carbocycles. The van der Waals surface area contributed by atoms with Gasteiger partial charge in [0.25, 0.3) is 0 Å². The van der Waals surface area contributed by atoms with Gasteiger partial charge in [0, 0.05) is 6.92 Å². The van der Waals surface area contributed by atoms with Crippen molar-refractivity contribution < 1.29 is 22.7 Å². The van der Waals surface area contributed by atoms with E-state index in [2.05, 4.69) is 5.32 Å². The van der Waals surface area contributed by atoms with Crippen LogP contribution in [0.15, 0.2) is 23.1 Å². The SMILES string of the molecule is CC(=O)NC[C@@H]1OC(=O)N2c3ccc(S(N)(=O)=O)cc3C[C@@H]12. The zero-order valence-electron chi connectivity index (χ0n) is 11.8. The molecule has 0 aliphatic carbocycles. The minimum atomic E-state index is -3.79. The van der Waals surface area contributed by atoms with Gasteiger partial charge in [-0.1, -0.05) is 0 Å². The maximum atomic E-state index is 12.0. The number of ether oxygens (including phenoxy) is 1. The number of carbonyl (C=O) groups is 2. The molecule has 2 atom stereocenters. The zero-order chi connectivity index (χ0) is 16.1. The van der Waals surface area contributed by atoms with Crippen LogP contribution in [0, 0.1) is 0 Å². The number of anilines is 1. The highest BCUT2D eigenvalue weighted by Crippen LogP contribution is 2.39. The van der Waals surface area contributed by atoms with Crippen molar-refractivity contribution in [3.63, 3.8) is 0 Å². The van der Waals surface area contributed by atoms with Gasteiger partial charge < -0.3 is 10.1 Å². The van der Waals surface area contributed by atoms with Gasteiger partial charge in [-0.05, 0) is 30.2 Å². The lowest BCUT2D eigenvalue weighted by Gasteiger charge is -2.16. The molecule has 3 N–H and O–H groups in total. The fourth-order valence-electron chi connectivity index (χ4n) is 2.85. The van der Waals surface area contributed by atoms with E-state index in [0.717, 1.165) is 5.56 Å². The summed E-state index contributed by atoms with van der Waals surface area (Å²) in [6.07, 6.45) is -0.515. The average molecular weight is 325 g/mol. The molecule has 22 heavy (non-hydrogen) atoms. The van der Waals surface area contributed by atoms with Crippen LogP contribution in [-0.4, -0.2) is 39.1 Å². The van der Waals surface area contributed by atoms with E-state index in [9.17, 15) is 18.0 Å². The number of cyclic esters (lactones) is 1. The highest BCUT2D eigenvalue weighted by Gasteiger charge is 2.47. The van der Waals surface area contributed by atoms with Crippen molar-refractivity contribution in [3.8, 4) is 0 Å². The summed E-state index contributed by atoms with van der Waals surface area (Å²) < 4.78 is 28.1. The Kier molecular flexibility index (Phi) is 3.33. The van der Waals surface area contributed by atoms with Crippen LogP contribution in [0.3, 0.4) is 0 Å². The fraction of sp³-hybridized carbons (Fsp3) is 0.385. The fourth-order valence-corrected chi connectivity index (χ4v) is 3.42. The second kappa shape index (κ2) is 4.96. The summed E-state index contributed by atoms with van der Waals surface area (Å²) in [5, 5.41) is 7.75. The first-order valence-electron chi connectivity index (χ1n) is 6.67. The van der Waals surface area contributed by atoms with Crippen LogP contribution in [0.4, 0.5) is 10.5 Å². The van der Waals surface area contributed by atoms with Crippen LogP contribution in [0.2, 0.25) is 0 Å². The third-order valence-corrected chi connectivity index (χ3v) is 4.74. The van der Waals surface area contributed by atoms with Gasteiger partial charge >= 0.3 is 6.09 Å². The Morgan fingerprint density at radius 2 is 2.23 bits per heavy atom. The van der Waals surface area contributed by atoms with E-state index < -0.39 is 22.2 Å². The molecule has 2 aliphatic heterocycles. The van der Waals surface area contributed by atoms with E-state index in [0.29, 0.717) is 12.1 Å². The van der Waals surface area contributed by atoms with Crippen molar-refractivity contribution in [3.05, 3.63) is 23.8 Å². The molecule has 3 rings (SSSR count). The normalized spacial score (nSPS) is 23.0. The lowest BCUT2D eigenvalue weighted by Crippen LogP contribution is -2.40. The molecule has 1 aromatic rings. The van der Waals surface area contributed by atoms with Crippen LogP contribution in [0.1, 0.15) is 12.5 Å². The quantitative estimate of drug-likeness (QED) is 0.792. The molecule has 0 bridgehead atoms. The van der Waals surface area contributed by atoms with E-state index in [1.165, 1.54) is 24.0 Å².